The summed E-state index contributed by atoms with van der Waals surface area (Å²) in [6.07, 6.45) is 1.09. The van der Waals surface area contributed by atoms with Crippen molar-refractivity contribution in [2.24, 2.45) is 4.99 Å². The van der Waals surface area contributed by atoms with Crippen molar-refractivity contribution < 1.29 is 0 Å². The molecule has 1 aromatic carbocycles. The number of nitrogens with zero attached hydrogens (tertiary/aromatic N) is 2. The molecular formula is C15H25ClN4. The lowest BCUT2D eigenvalue weighted by Crippen LogP contribution is -2.38. The van der Waals surface area contributed by atoms with E-state index in [2.05, 4.69) is 41.5 Å². The third-order valence-electron chi connectivity index (χ3n) is 2.78. The summed E-state index contributed by atoms with van der Waals surface area (Å²) in [5, 5.41) is 7.34. The highest BCUT2D eigenvalue weighted by Crippen LogP contribution is 2.15. The molecule has 0 spiro atoms. The molecule has 0 aliphatic carbocycles. The number of rotatable bonds is 7. The van der Waals surface area contributed by atoms with Gasteiger partial charge in [0.15, 0.2) is 5.96 Å². The minimum absolute atomic E-state index is 0.586. The molecule has 2 N–H and O–H groups in total. The monoisotopic (exact) mass is 296 g/mol. The lowest BCUT2D eigenvalue weighted by atomic mass is 10.2. The molecule has 0 fully saturated rings. The number of hydrogen-bond donors (Lipinski definition) is 2. The highest BCUT2D eigenvalue weighted by Gasteiger charge is 2.00. The predicted molar refractivity (Wildman–Crippen MR) is 87.4 cm³/mol. The largest absolute Gasteiger partial charge is 0.357 e. The minimum Gasteiger partial charge on any atom is -0.357 e. The molecule has 0 atom stereocenters. The third-order valence-corrected chi connectivity index (χ3v) is 3.15. The molecule has 112 valence electrons. The van der Waals surface area contributed by atoms with Crippen LogP contribution in [0.5, 0.6) is 0 Å². The normalized spacial score (nSPS) is 11.8. The molecule has 0 bridgehead atoms. The lowest BCUT2D eigenvalue weighted by molar-refractivity contribution is 0.399. The maximum Gasteiger partial charge on any atom is 0.191 e. The fourth-order valence-electron chi connectivity index (χ4n) is 1.73. The molecular weight excluding hydrogens is 272 g/mol. The van der Waals surface area contributed by atoms with Crippen molar-refractivity contribution in [1.29, 1.82) is 0 Å². The molecule has 0 heterocycles. The van der Waals surface area contributed by atoms with Crippen molar-refractivity contribution in [3.05, 3.63) is 34.9 Å². The smallest absolute Gasteiger partial charge is 0.191 e. The SMILES string of the molecule is CCNC(=NCc1ccccc1Cl)NCCCN(C)C. The standard InChI is InChI=1S/C15H25ClN4/c1-4-17-15(18-10-7-11-20(2)3)19-12-13-8-5-6-9-14(13)16/h5-6,8-9H,4,7,10-12H2,1-3H3,(H2,17,18,19). The molecule has 0 radical (unpaired) electrons. The molecule has 0 saturated heterocycles. The van der Waals surface area contributed by atoms with Crippen LogP contribution < -0.4 is 10.6 Å². The molecule has 0 aromatic heterocycles. The van der Waals surface area contributed by atoms with Gasteiger partial charge in [-0.05, 0) is 45.6 Å². The molecule has 1 rings (SSSR count). The highest BCUT2D eigenvalue weighted by atomic mass is 35.5. The van der Waals surface area contributed by atoms with E-state index in [1.54, 1.807) is 0 Å². The van der Waals surface area contributed by atoms with Gasteiger partial charge in [0.25, 0.3) is 0 Å². The van der Waals surface area contributed by atoms with Gasteiger partial charge in [-0.15, -0.1) is 0 Å². The summed E-state index contributed by atoms with van der Waals surface area (Å²) < 4.78 is 0. The van der Waals surface area contributed by atoms with Crippen LogP contribution >= 0.6 is 11.6 Å². The second-order valence-electron chi connectivity index (χ2n) is 4.87. The number of guanidine groups is 1. The molecule has 0 aliphatic heterocycles. The third kappa shape index (κ3) is 6.78. The van der Waals surface area contributed by atoms with E-state index in [9.17, 15) is 0 Å². The van der Waals surface area contributed by atoms with Crippen LogP contribution in [0.3, 0.4) is 0 Å². The van der Waals surface area contributed by atoms with Gasteiger partial charge in [0.05, 0.1) is 6.54 Å². The first kappa shape index (κ1) is 16.8. The van der Waals surface area contributed by atoms with Crippen molar-refractivity contribution in [1.82, 2.24) is 15.5 Å². The molecule has 0 aliphatic rings. The average Bonchev–Trinajstić information content (AvgIpc) is 2.42. The van der Waals surface area contributed by atoms with Crippen LogP contribution in [0.15, 0.2) is 29.3 Å². The minimum atomic E-state index is 0.586. The zero-order valence-corrected chi connectivity index (χ0v) is 13.4. The van der Waals surface area contributed by atoms with E-state index in [4.69, 9.17) is 11.6 Å². The molecule has 0 amide bonds. The van der Waals surface area contributed by atoms with E-state index in [0.29, 0.717) is 6.54 Å². The Morgan fingerprint density at radius 2 is 2.00 bits per heavy atom. The molecule has 0 saturated carbocycles. The summed E-state index contributed by atoms with van der Waals surface area (Å²) in [5.74, 6) is 0.839. The van der Waals surface area contributed by atoms with E-state index in [1.165, 1.54) is 0 Å². The Hall–Kier alpha value is -1.26. The van der Waals surface area contributed by atoms with Crippen molar-refractivity contribution >= 4 is 17.6 Å². The number of nitrogens with one attached hydrogen (secondary N) is 2. The van der Waals surface area contributed by atoms with Crippen molar-refractivity contribution in [3.63, 3.8) is 0 Å². The average molecular weight is 297 g/mol. The fourth-order valence-corrected chi connectivity index (χ4v) is 1.93. The summed E-state index contributed by atoms with van der Waals surface area (Å²) in [6.45, 7) is 5.47. The van der Waals surface area contributed by atoms with Crippen LogP contribution in [-0.4, -0.2) is 44.6 Å². The van der Waals surface area contributed by atoms with Gasteiger partial charge in [-0.3, -0.25) is 0 Å². The second-order valence-corrected chi connectivity index (χ2v) is 5.28. The first-order valence-corrected chi connectivity index (χ1v) is 7.41. The zero-order valence-electron chi connectivity index (χ0n) is 12.6. The van der Waals surface area contributed by atoms with E-state index in [1.807, 2.05) is 24.3 Å². The van der Waals surface area contributed by atoms with E-state index < -0.39 is 0 Å². The Balaban J connectivity index is 2.48. The molecule has 20 heavy (non-hydrogen) atoms. The predicted octanol–water partition coefficient (Wildman–Crippen LogP) is 2.35. The number of aliphatic imine (C=N–C) groups is 1. The van der Waals surface area contributed by atoms with E-state index in [-0.39, 0.29) is 0 Å². The van der Waals surface area contributed by atoms with Gasteiger partial charge in [0.2, 0.25) is 0 Å². The summed E-state index contributed by atoms with van der Waals surface area (Å²) in [4.78, 5) is 6.73. The van der Waals surface area contributed by atoms with Crippen LogP contribution in [0, 0.1) is 0 Å². The van der Waals surface area contributed by atoms with E-state index >= 15 is 0 Å². The summed E-state index contributed by atoms with van der Waals surface area (Å²) in [7, 11) is 4.16. The molecule has 4 nitrogen and oxygen atoms in total. The van der Waals surface area contributed by atoms with Crippen LogP contribution in [0.25, 0.3) is 0 Å². The first-order chi connectivity index (χ1) is 9.63. The molecule has 5 heteroatoms. The first-order valence-electron chi connectivity index (χ1n) is 7.03. The Labute approximate surface area is 127 Å². The van der Waals surface area contributed by atoms with Gasteiger partial charge in [-0.1, -0.05) is 29.8 Å². The number of halogens is 1. The molecule has 0 unspecified atom stereocenters. The summed E-state index contributed by atoms with van der Waals surface area (Å²) >= 11 is 6.13. The number of benzene rings is 1. The van der Waals surface area contributed by atoms with Crippen LogP contribution in [-0.2, 0) is 6.54 Å². The summed E-state index contributed by atoms with van der Waals surface area (Å²) in [5.41, 5.74) is 1.04. The Bertz CT molecular complexity index is 418. The Morgan fingerprint density at radius 1 is 1.25 bits per heavy atom. The van der Waals surface area contributed by atoms with Crippen LogP contribution in [0.2, 0.25) is 5.02 Å². The number of hydrogen-bond acceptors (Lipinski definition) is 2. The zero-order chi connectivity index (χ0) is 14.8. The lowest BCUT2D eigenvalue weighted by Gasteiger charge is -2.13. The van der Waals surface area contributed by atoms with Gasteiger partial charge in [-0.2, -0.15) is 0 Å². The maximum atomic E-state index is 6.13. The fraction of sp³-hybridized carbons (Fsp3) is 0.533. The highest BCUT2D eigenvalue weighted by molar-refractivity contribution is 6.31. The van der Waals surface area contributed by atoms with Crippen LogP contribution in [0.4, 0.5) is 0 Å². The van der Waals surface area contributed by atoms with Gasteiger partial charge in [0.1, 0.15) is 0 Å². The van der Waals surface area contributed by atoms with Gasteiger partial charge < -0.3 is 15.5 Å². The quantitative estimate of drug-likeness (QED) is 0.461. The topological polar surface area (TPSA) is 39.7 Å². The summed E-state index contributed by atoms with van der Waals surface area (Å²) in [6, 6.07) is 7.81. The Morgan fingerprint density at radius 3 is 2.65 bits per heavy atom. The van der Waals surface area contributed by atoms with Crippen molar-refractivity contribution in [3.8, 4) is 0 Å². The van der Waals surface area contributed by atoms with Gasteiger partial charge in [-0.25, -0.2) is 4.99 Å². The Kier molecular flexibility index (Phi) is 8.07. The second kappa shape index (κ2) is 9.61. The molecule has 1 aromatic rings. The van der Waals surface area contributed by atoms with Crippen molar-refractivity contribution in [2.45, 2.75) is 19.9 Å². The van der Waals surface area contributed by atoms with E-state index in [0.717, 1.165) is 42.6 Å². The van der Waals surface area contributed by atoms with Gasteiger partial charge in [0, 0.05) is 18.1 Å². The van der Waals surface area contributed by atoms with Gasteiger partial charge >= 0.3 is 0 Å². The maximum absolute atomic E-state index is 6.13. The van der Waals surface area contributed by atoms with Crippen molar-refractivity contribution in [2.75, 3.05) is 33.7 Å². The van der Waals surface area contributed by atoms with Crippen LogP contribution in [0.1, 0.15) is 18.9 Å².